The van der Waals surface area contributed by atoms with Crippen molar-refractivity contribution in [3.63, 3.8) is 0 Å². The van der Waals surface area contributed by atoms with E-state index in [0.717, 1.165) is 5.69 Å². The lowest BCUT2D eigenvalue weighted by atomic mass is 10.3. The molecule has 0 spiro atoms. The average Bonchev–Trinajstić information content (AvgIpc) is 3.29. The van der Waals surface area contributed by atoms with Crippen molar-refractivity contribution in [2.45, 2.75) is 24.9 Å². The molecule has 0 saturated heterocycles. The zero-order chi connectivity index (χ0) is 18.4. The van der Waals surface area contributed by atoms with E-state index >= 15 is 0 Å². The molecule has 0 atom stereocenters. The average molecular weight is 375 g/mol. The minimum absolute atomic E-state index is 0.204. The summed E-state index contributed by atoms with van der Waals surface area (Å²) in [5, 5.41) is 9.09. The number of halogens is 1. The van der Waals surface area contributed by atoms with Crippen LogP contribution in [0.3, 0.4) is 0 Å². The Morgan fingerprint density at radius 2 is 2.08 bits per heavy atom. The van der Waals surface area contributed by atoms with Crippen molar-refractivity contribution in [2.75, 3.05) is 12.4 Å². The van der Waals surface area contributed by atoms with Crippen LogP contribution in [0.1, 0.15) is 19.8 Å². The first kappa shape index (κ1) is 18.2. The monoisotopic (exact) mass is 375 g/mol. The van der Waals surface area contributed by atoms with Gasteiger partial charge < -0.3 is 9.15 Å². The predicted octanol–water partition coefficient (Wildman–Crippen LogP) is 4.10. The summed E-state index contributed by atoms with van der Waals surface area (Å²) in [6.07, 6.45) is 2.58. The standard InChI is InChI=1S/C18H18FN3O3S/c1-2-24-16(23)6-4-12-26-18-21-20-17(15-5-3-11-25-15)22(18)14-9-7-13(19)8-10-14/h3,5,7-11H,2,4,6,12H2,1H3. The Morgan fingerprint density at radius 3 is 2.77 bits per heavy atom. The van der Waals surface area contributed by atoms with Crippen LogP contribution in [0.5, 0.6) is 0 Å². The second kappa shape index (κ2) is 8.66. The van der Waals surface area contributed by atoms with E-state index in [9.17, 15) is 9.18 Å². The van der Waals surface area contributed by atoms with E-state index in [-0.39, 0.29) is 11.8 Å². The minimum atomic E-state index is -0.315. The molecule has 8 heteroatoms. The van der Waals surface area contributed by atoms with Gasteiger partial charge in [0.05, 0.1) is 18.6 Å². The fraction of sp³-hybridized carbons (Fsp3) is 0.278. The molecule has 6 nitrogen and oxygen atoms in total. The highest BCUT2D eigenvalue weighted by atomic mass is 32.2. The summed E-state index contributed by atoms with van der Waals surface area (Å²) in [6.45, 7) is 2.17. The maximum absolute atomic E-state index is 13.3. The lowest BCUT2D eigenvalue weighted by Gasteiger charge is -2.09. The van der Waals surface area contributed by atoms with E-state index in [2.05, 4.69) is 10.2 Å². The van der Waals surface area contributed by atoms with Crippen LogP contribution in [-0.4, -0.2) is 33.1 Å². The van der Waals surface area contributed by atoms with Crippen LogP contribution in [-0.2, 0) is 9.53 Å². The van der Waals surface area contributed by atoms with Gasteiger partial charge in [0.1, 0.15) is 5.82 Å². The van der Waals surface area contributed by atoms with Crippen LogP contribution >= 0.6 is 11.8 Å². The lowest BCUT2D eigenvalue weighted by molar-refractivity contribution is -0.143. The molecule has 0 aliphatic rings. The summed E-state index contributed by atoms with van der Waals surface area (Å²) in [6, 6.07) is 9.65. The number of nitrogens with zero attached hydrogens (tertiary/aromatic N) is 3. The molecule has 0 amide bonds. The highest BCUT2D eigenvalue weighted by molar-refractivity contribution is 7.99. The first-order valence-corrected chi connectivity index (χ1v) is 9.21. The zero-order valence-corrected chi connectivity index (χ0v) is 15.0. The Balaban J connectivity index is 1.79. The maximum atomic E-state index is 13.3. The predicted molar refractivity (Wildman–Crippen MR) is 95.6 cm³/mol. The Bertz CT molecular complexity index is 847. The molecule has 0 fully saturated rings. The maximum Gasteiger partial charge on any atom is 0.305 e. The number of esters is 1. The minimum Gasteiger partial charge on any atom is -0.466 e. The van der Waals surface area contributed by atoms with Crippen molar-refractivity contribution in [3.8, 4) is 17.3 Å². The molecule has 136 valence electrons. The fourth-order valence-corrected chi connectivity index (χ4v) is 3.26. The summed E-state index contributed by atoms with van der Waals surface area (Å²) < 4.78 is 25.5. The third kappa shape index (κ3) is 4.32. The van der Waals surface area contributed by atoms with Gasteiger partial charge in [-0.05, 0) is 49.7 Å². The van der Waals surface area contributed by atoms with Crippen molar-refractivity contribution < 1.29 is 18.3 Å². The second-order valence-electron chi connectivity index (χ2n) is 5.35. The molecular weight excluding hydrogens is 357 g/mol. The number of thioether (sulfide) groups is 1. The summed E-state index contributed by atoms with van der Waals surface area (Å²) >= 11 is 1.47. The van der Waals surface area contributed by atoms with Crippen LogP contribution in [0, 0.1) is 5.82 Å². The molecule has 0 saturated carbocycles. The largest absolute Gasteiger partial charge is 0.466 e. The van der Waals surface area contributed by atoms with E-state index in [1.807, 2.05) is 4.57 Å². The molecule has 0 N–H and O–H groups in total. The van der Waals surface area contributed by atoms with Crippen molar-refractivity contribution in [1.82, 2.24) is 14.8 Å². The lowest BCUT2D eigenvalue weighted by Crippen LogP contribution is -2.04. The molecule has 3 aromatic rings. The van der Waals surface area contributed by atoms with Crippen LogP contribution in [0.2, 0.25) is 0 Å². The molecule has 0 bridgehead atoms. The van der Waals surface area contributed by atoms with Gasteiger partial charge >= 0.3 is 5.97 Å². The second-order valence-corrected chi connectivity index (χ2v) is 6.41. The number of hydrogen-bond donors (Lipinski definition) is 0. The first-order chi connectivity index (χ1) is 12.7. The molecule has 2 heterocycles. The van der Waals surface area contributed by atoms with Gasteiger partial charge in [-0.3, -0.25) is 9.36 Å². The molecule has 3 rings (SSSR count). The number of ether oxygens (including phenoxy) is 1. The highest BCUT2D eigenvalue weighted by Gasteiger charge is 2.18. The van der Waals surface area contributed by atoms with E-state index in [1.165, 1.54) is 23.9 Å². The summed E-state index contributed by atoms with van der Waals surface area (Å²) in [7, 11) is 0. The first-order valence-electron chi connectivity index (χ1n) is 8.22. The topological polar surface area (TPSA) is 70.2 Å². The highest BCUT2D eigenvalue weighted by Crippen LogP contribution is 2.28. The van der Waals surface area contributed by atoms with Gasteiger partial charge in [-0.25, -0.2) is 4.39 Å². The Kier molecular flexibility index (Phi) is 6.06. The number of hydrogen-bond acceptors (Lipinski definition) is 6. The van der Waals surface area contributed by atoms with Crippen molar-refractivity contribution in [1.29, 1.82) is 0 Å². The van der Waals surface area contributed by atoms with Crippen molar-refractivity contribution >= 4 is 17.7 Å². The fourth-order valence-electron chi connectivity index (χ4n) is 2.36. The Morgan fingerprint density at radius 1 is 1.27 bits per heavy atom. The molecule has 0 radical (unpaired) electrons. The SMILES string of the molecule is CCOC(=O)CCCSc1nnc(-c2ccco2)n1-c1ccc(F)cc1. The van der Waals surface area contributed by atoms with Crippen LogP contribution in [0.15, 0.2) is 52.2 Å². The molecule has 0 aliphatic carbocycles. The smallest absolute Gasteiger partial charge is 0.305 e. The third-order valence-electron chi connectivity index (χ3n) is 3.52. The van der Waals surface area contributed by atoms with Crippen LogP contribution < -0.4 is 0 Å². The van der Waals surface area contributed by atoms with E-state index in [0.29, 0.717) is 41.9 Å². The summed E-state index contributed by atoms with van der Waals surface area (Å²) in [5.74, 6) is 1.26. The number of carbonyl (C=O) groups excluding carboxylic acids is 1. The van der Waals surface area contributed by atoms with Gasteiger partial charge in [0, 0.05) is 12.2 Å². The molecule has 2 aromatic heterocycles. The van der Waals surface area contributed by atoms with Crippen LogP contribution in [0.4, 0.5) is 4.39 Å². The van der Waals surface area contributed by atoms with E-state index in [4.69, 9.17) is 9.15 Å². The Hall–Kier alpha value is -2.61. The van der Waals surface area contributed by atoms with E-state index < -0.39 is 0 Å². The normalized spacial score (nSPS) is 10.8. The van der Waals surface area contributed by atoms with Gasteiger partial charge in [-0.2, -0.15) is 0 Å². The molecule has 0 unspecified atom stereocenters. The Labute approximate surface area is 154 Å². The summed E-state index contributed by atoms with van der Waals surface area (Å²) in [4.78, 5) is 11.4. The zero-order valence-electron chi connectivity index (χ0n) is 14.2. The van der Waals surface area contributed by atoms with Crippen molar-refractivity contribution in [2.24, 2.45) is 0 Å². The quantitative estimate of drug-likeness (QED) is 0.335. The van der Waals surface area contributed by atoms with Crippen molar-refractivity contribution in [3.05, 3.63) is 48.5 Å². The van der Waals surface area contributed by atoms with Gasteiger partial charge in [0.25, 0.3) is 0 Å². The number of benzene rings is 1. The van der Waals surface area contributed by atoms with Gasteiger partial charge in [-0.15, -0.1) is 10.2 Å². The van der Waals surface area contributed by atoms with E-state index in [1.54, 1.807) is 37.5 Å². The van der Waals surface area contributed by atoms with Crippen LogP contribution in [0.25, 0.3) is 17.3 Å². The molecular formula is C18H18FN3O3S. The van der Waals surface area contributed by atoms with Gasteiger partial charge in [0.2, 0.25) is 5.82 Å². The van der Waals surface area contributed by atoms with Gasteiger partial charge in [0.15, 0.2) is 10.9 Å². The number of aromatic nitrogens is 3. The number of carbonyl (C=O) groups is 1. The number of furan rings is 1. The molecule has 26 heavy (non-hydrogen) atoms. The number of rotatable bonds is 8. The van der Waals surface area contributed by atoms with Gasteiger partial charge in [-0.1, -0.05) is 11.8 Å². The third-order valence-corrected chi connectivity index (χ3v) is 4.54. The molecule has 1 aromatic carbocycles. The summed E-state index contributed by atoms with van der Waals surface area (Å²) in [5.41, 5.74) is 0.732. The molecule has 0 aliphatic heterocycles.